The van der Waals surface area contributed by atoms with E-state index in [1.54, 1.807) is 6.07 Å². The Labute approximate surface area is 334 Å². The van der Waals surface area contributed by atoms with Gasteiger partial charge in [0.1, 0.15) is 19.0 Å². The van der Waals surface area contributed by atoms with E-state index >= 15 is 0 Å². The maximum absolute atomic E-state index is 13.2. The third-order valence-electron chi connectivity index (χ3n) is 7.81. The van der Waals surface area contributed by atoms with E-state index < -0.39 is 0 Å². The van der Waals surface area contributed by atoms with Crippen molar-refractivity contribution in [2.24, 2.45) is 5.73 Å². The van der Waals surface area contributed by atoms with Gasteiger partial charge in [-0.1, -0.05) is 104 Å². The molecule has 2 atom stereocenters. The predicted molar refractivity (Wildman–Crippen MR) is 221 cm³/mol. The number of nitrogens with zero attached hydrogens (tertiary/aromatic N) is 2. The summed E-state index contributed by atoms with van der Waals surface area (Å²) in [5.41, 5.74) is 8.61. The molecule has 300 valence electrons. The van der Waals surface area contributed by atoms with Crippen LogP contribution in [0.5, 0.6) is 0 Å². The van der Waals surface area contributed by atoms with E-state index in [1.807, 2.05) is 111 Å². The first-order chi connectivity index (χ1) is 25.0. The van der Waals surface area contributed by atoms with Crippen LogP contribution >= 0.6 is 24.8 Å². The monoisotopic (exact) mass is 790 g/mol. The van der Waals surface area contributed by atoms with Crippen LogP contribution in [0, 0.1) is 5.82 Å². The lowest BCUT2D eigenvalue weighted by Crippen LogP contribution is -2.43. The van der Waals surface area contributed by atoms with Crippen LogP contribution in [0.4, 0.5) is 4.39 Å². The number of rotatable bonds is 22. The van der Waals surface area contributed by atoms with Crippen molar-refractivity contribution in [1.29, 1.82) is 0 Å². The molecule has 0 unspecified atom stereocenters. The molecule has 1 amide bonds. The summed E-state index contributed by atoms with van der Waals surface area (Å²) in [5.74, 6) is -0.798. The number of benzene rings is 3. The van der Waals surface area contributed by atoms with Gasteiger partial charge >= 0.3 is 11.9 Å². The van der Waals surface area contributed by atoms with Crippen molar-refractivity contribution in [2.45, 2.75) is 83.1 Å². The van der Waals surface area contributed by atoms with Crippen LogP contribution in [-0.4, -0.2) is 81.0 Å². The lowest BCUT2D eigenvalue weighted by molar-refractivity contribution is -0.146. The number of likely N-dealkylation sites (N-methyl/N-ethyl adjacent to an activating group) is 2. The van der Waals surface area contributed by atoms with Crippen molar-refractivity contribution in [1.82, 2.24) is 15.1 Å². The molecule has 0 heterocycles. The Hall–Kier alpha value is -3.80. The molecule has 54 heavy (non-hydrogen) atoms. The standard InChI is InChI=1S/C29H39FN2O3.C13H20N2O2.2ClH/c1-32(2)22-27(21-29(34)35-23-25-15-10-8-11-16-25)31-28(33)19-12-7-5-3-4-6-9-14-24-17-13-18-26(30)20-24;1-15(2)9-12(14)8-13(16)17-10-11-6-4-3-5-7-11;;/h8-11,13-18,20,27H,3-7,12,19,21-23H2,1-2H3,(H,31,33);3-7,12H,8-10,14H2,1-2H3;2*1H/t27-;12-;;/m11../s1. The molecule has 0 aliphatic heterocycles. The lowest BCUT2D eigenvalue weighted by atomic mass is 10.1. The number of hydrogen-bond acceptors (Lipinski definition) is 8. The summed E-state index contributed by atoms with van der Waals surface area (Å²) in [6.45, 7) is 1.81. The summed E-state index contributed by atoms with van der Waals surface area (Å²) >= 11 is 0. The molecule has 0 aromatic heterocycles. The number of hydrogen-bond donors (Lipinski definition) is 2. The molecule has 3 N–H and O–H groups in total. The fraction of sp³-hybridized carbons (Fsp3) is 0.452. The Bertz CT molecular complexity index is 1470. The minimum absolute atomic E-state index is 0. The molecule has 12 heteroatoms. The largest absolute Gasteiger partial charge is 0.461 e. The number of carbonyl (C=O) groups excluding carboxylic acids is 3. The van der Waals surface area contributed by atoms with Crippen LogP contribution in [0.3, 0.4) is 0 Å². The highest BCUT2D eigenvalue weighted by Gasteiger charge is 2.18. The van der Waals surface area contributed by atoms with Crippen molar-refractivity contribution in [3.63, 3.8) is 0 Å². The molecule has 0 saturated carbocycles. The first-order valence-electron chi connectivity index (χ1n) is 18.2. The van der Waals surface area contributed by atoms with Gasteiger partial charge in [0.15, 0.2) is 0 Å². The summed E-state index contributed by atoms with van der Waals surface area (Å²) < 4.78 is 23.7. The molecular formula is C42H61Cl2FN4O5. The molecule has 0 spiro atoms. The van der Waals surface area contributed by atoms with Gasteiger partial charge in [-0.05, 0) is 76.3 Å². The van der Waals surface area contributed by atoms with Gasteiger partial charge in [0, 0.05) is 25.6 Å². The first kappa shape index (κ1) is 50.2. The van der Waals surface area contributed by atoms with E-state index in [9.17, 15) is 18.8 Å². The molecule has 3 rings (SSSR count). The maximum Gasteiger partial charge on any atom is 0.308 e. The van der Waals surface area contributed by atoms with Crippen molar-refractivity contribution < 1.29 is 28.2 Å². The zero-order chi connectivity index (χ0) is 38.0. The highest BCUT2D eigenvalue weighted by molar-refractivity contribution is 5.85. The molecule has 3 aromatic carbocycles. The van der Waals surface area contributed by atoms with E-state index in [4.69, 9.17) is 15.2 Å². The van der Waals surface area contributed by atoms with E-state index in [0.717, 1.165) is 55.2 Å². The number of nitrogens with one attached hydrogen (secondary N) is 1. The summed E-state index contributed by atoms with van der Waals surface area (Å²) in [6.07, 6.45) is 11.0. The predicted octanol–water partition coefficient (Wildman–Crippen LogP) is 7.60. The second-order valence-corrected chi connectivity index (χ2v) is 13.5. The van der Waals surface area contributed by atoms with Crippen molar-refractivity contribution in [2.75, 3.05) is 41.3 Å². The second-order valence-electron chi connectivity index (χ2n) is 13.5. The zero-order valence-corrected chi connectivity index (χ0v) is 33.9. The number of allylic oxidation sites excluding steroid dienone is 1. The van der Waals surface area contributed by atoms with Gasteiger partial charge in [0.2, 0.25) is 5.91 Å². The highest BCUT2D eigenvalue weighted by Crippen LogP contribution is 2.11. The molecule has 0 fully saturated rings. The van der Waals surface area contributed by atoms with Gasteiger partial charge in [-0.15, -0.1) is 24.8 Å². The summed E-state index contributed by atoms with van der Waals surface area (Å²) in [5, 5.41) is 3.00. The molecule has 3 aromatic rings. The summed E-state index contributed by atoms with van der Waals surface area (Å²) in [6, 6.07) is 25.3. The minimum Gasteiger partial charge on any atom is -0.461 e. The molecule has 9 nitrogen and oxygen atoms in total. The molecule has 0 bridgehead atoms. The fourth-order valence-corrected chi connectivity index (χ4v) is 5.35. The Kier molecular flexibility index (Phi) is 28.4. The van der Waals surface area contributed by atoms with Gasteiger partial charge in [0.05, 0.1) is 18.9 Å². The topological polar surface area (TPSA) is 114 Å². The van der Waals surface area contributed by atoms with Crippen LogP contribution in [-0.2, 0) is 37.1 Å². The molecule has 0 radical (unpaired) electrons. The highest BCUT2D eigenvalue weighted by atomic mass is 35.5. The van der Waals surface area contributed by atoms with E-state index in [1.165, 1.54) is 12.1 Å². The number of esters is 2. The second kappa shape index (κ2) is 30.5. The van der Waals surface area contributed by atoms with Crippen LogP contribution in [0.25, 0.3) is 6.08 Å². The average molecular weight is 792 g/mol. The van der Waals surface area contributed by atoms with E-state index in [0.29, 0.717) is 26.1 Å². The van der Waals surface area contributed by atoms with Crippen LogP contribution in [0.2, 0.25) is 0 Å². The number of unbranched alkanes of at least 4 members (excludes halogenated alkanes) is 5. The van der Waals surface area contributed by atoms with Crippen LogP contribution in [0.1, 0.15) is 74.5 Å². The number of nitrogens with two attached hydrogens (primary N) is 1. The Morgan fingerprint density at radius 3 is 1.81 bits per heavy atom. The van der Waals surface area contributed by atoms with Gasteiger partial charge in [-0.25, -0.2) is 4.39 Å². The van der Waals surface area contributed by atoms with Crippen molar-refractivity contribution in [3.8, 4) is 0 Å². The Morgan fingerprint density at radius 2 is 1.26 bits per heavy atom. The average Bonchev–Trinajstić information content (AvgIpc) is 3.09. The van der Waals surface area contributed by atoms with Gasteiger partial charge in [-0.3, -0.25) is 14.4 Å². The quantitative estimate of drug-likeness (QED) is 0.0791. The maximum atomic E-state index is 13.2. The van der Waals surface area contributed by atoms with Crippen LogP contribution < -0.4 is 11.1 Å². The Balaban J connectivity index is 0.00000125. The summed E-state index contributed by atoms with van der Waals surface area (Å²) in [4.78, 5) is 40.1. The molecule has 0 aliphatic rings. The van der Waals surface area contributed by atoms with E-state index in [2.05, 4.69) is 11.4 Å². The lowest BCUT2D eigenvalue weighted by Gasteiger charge is -2.22. The molecular weight excluding hydrogens is 730 g/mol. The number of amides is 1. The third-order valence-corrected chi connectivity index (χ3v) is 7.81. The van der Waals surface area contributed by atoms with Gasteiger partial charge < -0.3 is 30.3 Å². The SMILES string of the molecule is CN(C)C[C@@H](CC(=O)OCc1ccccc1)NC(=O)CCCCCCCC=Cc1cccc(F)c1.CN(C)C[C@H](N)CC(=O)OCc1ccccc1.Cl.Cl. The zero-order valence-electron chi connectivity index (χ0n) is 32.3. The molecule has 0 saturated heterocycles. The minimum atomic E-state index is -0.313. The smallest absolute Gasteiger partial charge is 0.308 e. The van der Waals surface area contributed by atoms with Gasteiger partial charge in [-0.2, -0.15) is 0 Å². The van der Waals surface area contributed by atoms with E-state index in [-0.39, 0.29) is 80.0 Å². The summed E-state index contributed by atoms with van der Waals surface area (Å²) in [7, 11) is 7.69. The van der Waals surface area contributed by atoms with Gasteiger partial charge in [0.25, 0.3) is 0 Å². The third kappa shape index (κ3) is 26.1. The number of ether oxygens (including phenoxy) is 2. The first-order valence-corrected chi connectivity index (χ1v) is 18.2. The normalized spacial score (nSPS) is 11.8. The van der Waals surface area contributed by atoms with Crippen molar-refractivity contribution >= 4 is 48.7 Å². The molecule has 0 aliphatic carbocycles. The number of halogens is 3. The Morgan fingerprint density at radius 1 is 0.722 bits per heavy atom. The number of carbonyl (C=O) groups is 3. The van der Waals surface area contributed by atoms with Crippen LogP contribution in [0.15, 0.2) is 91.0 Å². The fourth-order valence-electron chi connectivity index (χ4n) is 5.35. The van der Waals surface area contributed by atoms with Crippen molar-refractivity contribution in [3.05, 3.63) is 114 Å².